The minimum absolute atomic E-state index is 0.0562. The van der Waals surface area contributed by atoms with Gasteiger partial charge in [0.05, 0.1) is 0 Å². The van der Waals surface area contributed by atoms with E-state index in [0.29, 0.717) is 35.3 Å². The number of hydrogen-bond donors (Lipinski definition) is 2. The second-order valence-corrected chi connectivity index (χ2v) is 7.29. The smallest absolute Gasteiger partial charge is 0.253 e. The van der Waals surface area contributed by atoms with E-state index >= 15 is 0 Å². The molecule has 0 unspecified atom stereocenters. The molecule has 0 aliphatic rings. The van der Waals surface area contributed by atoms with E-state index in [4.69, 9.17) is 5.73 Å². The van der Waals surface area contributed by atoms with Crippen molar-refractivity contribution in [2.45, 2.75) is 37.6 Å². The molecule has 27 heavy (non-hydrogen) atoms. The first-order valence-corrected chi connectivity index (χ1v) is 9.97. The summed E-state index contributed by atoms with van der Waals surface area (Å²) in [4.78, 5) is 21.4. The lowest BCUT2D eigenvalue weighted by molar-refractivity contribution is 0.0952. The van der Waals surface area contributed by atoms with Gasteiger partial charge in [0.25, 0.3) is 11.7 Å². The highest BCUT2D eigenvalue weighted by atomic mass is 32.2. The first-order valence-electron chi connectivity index (χ1n) is 8.98. The van der Waals surface area contributed by atoms with Crippen LogP contribution < -0.4 is 11.1 Å². The number of hydrogen-bond acceptors (Lipinski definition) is 6. The number of nitrogens with zero attached hydrogens (tertiary/aromatic N) is 4. The predicted octanol–water partition coefficient (Wildman–Crippen LogP) is 2.50. The second kappa shape index (κ2) is 8.96. The summed E-state index contributed by atoms with van der Waals surface area (Å²) >= 11 is 1.50. The van der Waals surface area contributed by atoms with Crippen molar-refractivity contribution >= 4 is 23.4 Å². The standard InChI is InChI=1S/C19H24N6OS/c1-13-11-14(2)25-18(22-13)23-19(24-25)27-12-15-7-3-4-8-16(15)17(26)21-10-6-5-9-20/h3-4,7-8,11H,5-6,9-10,12,20H2,1-2H3,(H,21,26). The Kier molecular flexibility index (Phi) is 6.41. The highest BCUT2D eigenvalue weighted by molar-refractivity contribution is 7.98. The summed E-state index contributed by atoms with van der Waals surface area (Å²) < 4.78 is 1.74. The van der Waals surface area contributed by atoms with Gasteiger partial charge in [0.2, 0.25) is 5.16 Å². The molecule has 142 valence electrons. The van der Waals surface area contributed by atoms with Crippen LogP contribution in [0.5, 0.6) is 0 Å². The normalized spacial score (nSPS) is 11.1. The van der Waals surface area contributed by atoms with Crippen molar-refractivity contribution in [1.82, 2.24) is 24.9 Å². The summed E-state index contributed by atoms with van der Waals surface area (Å²) in [5.74, 6) is 1.15. The van der Waals surface area contributed by atoms with Gasteiger partial charge in [-0.15, -0.1) is 5.10 Å². The fourth-order valence-corrected chi connectivity index (χ4v) is 3.61. The first kappa shape index (κ1) is 19.3. The Bertz CT molecular complexity index is 939. The van der Waals surface area contributed by atoms with E-state index in [1.807, 2.05) is 44.2 Å². The summed E-state index contributed by atoms with van der Waals surface area (Å²) in [5.41, 5.74) is 9.04. The Morgan fingerprint density at radius 3 is 2.85 bits per heavy atom. The zero-order valence-electron chi connectivity index (χ0n) is 15.6. The summed E-state index contributed by atoms with van der Waals surface area (Å²) in [6, 6.07) is 9.60. The topological polar surface area (TPSA) is 98.2 Å². The molecule has 0 bridgehead atoms. The monoisotopic (exact) mass is 384 g/mol. The number of aromatic nitrogens is 4. The lowest BCUT2D eigenvalue weighted by atomic mass is 10.1. The van der Waals surface area contributed by atoms with Crippen LogP contribution in [0, 0.1) is 13.8 Å². The number of benzene rings is 1. The maximum atomic E-state index is 12.5. The quantitative estimate of drug-likeness (QED) is 0.457. The van der Waals surface area contributed by atoms with Crippen molar-refractivity contribution in [2.24, 2.45) is 5.73 Å². The summed E-state index contributed by atoms with van der Waals surface area (Å²) in [6.07, 6.45) is 1.79. The van der Waals surface area contributed by atoms with Gasteiger partial charge in [-0.2, -0.15) is 4.98 Å². The molecule has 0 aliphatic heterocycles. The Labute approximate surface area is 162 Å². The minimum Gasteiger partial charge on any atom is -0.352 e. The van der Waals surface area contributed by atoms with Gasteiger partial charge in [0, 0.05) is 29.2 Å². The van der Waals surface area contributed by atoms with Crippen LogP contribution in [0.4, 0.5) is 0 Å². The number of nitrogens with two attached hydrogens (primary N) is 1. The van der Waals surface area contributed by atoms with E-state index in [-0.39, 0.29) is 5.91 Å². The number of aryl methyl sites for hydroxylation is 2. The van der Waals surface area contributed by atoms with Crippen molar-refractivity contribution in [2.75, 3.05) is 13.1 Å². The highest BCUT2D eigenvalue weighted by Gasteiger charge is 2.13. The van der Waals surface area contributed by atoms with Crippen LogP contribution in [0.2, 0.25) is 0 Å². The molecule has 3 N–H and O–H groups in total. The van der Waals surface area contributed by atoms with Gasteiger partial charge in [-0.3, -0.25) is 4.79 Å². The van der Waals surface area contributed by atoms with Crippen LogP contribution in [0.3, 0.4) is 0 Å². The van der Waals surface area contributed by atoms with Crippen LogP contribution in [0.15, 0.2) is 35.5 Å². The summed E-state index contributed by atoms with van der Waals surface area (Å²) in [6.45, 7) is 5.20. The Morgan fingerprint density at radius 2 is 2.04 bits per heavy atom. The van der Waals surface area contributed by atoms with Crippen molar-refractivity contribution in [3.63, 3.8) is 0 Å². The number of unbranched alkanes of at least 4 members (excludes halogenated alkanes) is 1. The van der Waals surface area contributed by atoms with Crippen LogP contribution >= 0.6 is 11.8 Å². The number of fused-ring (bicyclic) bond motifs is 1. The van der Waals surface area contributed by atoms with E-state index in [9.17, 15) is 4.79 Å². The molecular weight excluding hydrogens is 360 g/mol. The molecule has 3 aromatic rings. The third-order valence-corrected chi connectivity index (χ3v) is 5.02. The molecule has 2 aromatic heterocycles. The van der Waals surface area contributed by atoms with Crippen LogP contribution in [-0.4, -0.2) is 38.6 Å². The number of carbonyl (C=O) groups excluding carboxylic acids is 1. The fourth-order valence-electron chi connectivity index (χ4n) is 2.79. The predicted molar refractivity (Wildman–Crippen MR) is 107 cm³/mol. The number of carbonyl (C=O) groups is 1. The zero-order chi connectivity index (χ0) is 19.2. The maximum Gasteiger partial charge on any atom is 0.253 e. The molecule has 8 heteroatoms. The molecule has 0 radical (unpaired) electrons. The summed E-state index contributed by atoms with van der Waals surface area (Å²) in [5, 5.41) is 8.11. The number of rotatable bonds is 8. The Hall–Kier alpha value is -2.45. The molecule has 0 spiro atoms. The largest absolute Gasteiger partial charge is 0.352 e. The zero-order valence-corrected chi connectivity index (χ0v) is 16.4. The molecular formula is C19H24N6OS. The van der Waals surface area contributed by atoms with Crippen molar-refractivity contribution in [1.29, 1.82) is 0 Å². The van der Waals surface area contributed by atoms with Crippen molar-refractivity contribution in [3.8, 4) is 0 Å². The van der Waals surface area contributed by atoms with Crippen LogP contribution in [0.1, 0.15) is 40.2 Å². The Balaban J connectivity index is 1.69. The number of nitrogens with one attached hydrogen (secondary N) is 1. The Morgan fingerprint density at radius 1 is 1.22 bits per heavy atom. The van der Waals surface area contributed by atoms with Gasteiger partial charge in [-0.25, -0.2) is 9.50 Å². The first-order chi connectivity index (χ1) is 13.1. The van der Waals surface area contributed by atoms with Gasteiger partial charge >= 0.3 is 0 Å². The molecule has 0 fully saturated rings. The lowest BCUT2D eigenvalue weighted by Gasteiger charge is -2.09. The van der Waals surface area contributed by atoms with Gasteiger partial charge in [0.15, 0.2) is 0 Å². The molecule has 3 rings (SSSR count). The van der Waals surface area contributed by atoms with Gasteiger partial charge in [-0.05, 0) is 50.9 Å². The molecule has 0 aliphatic carbocycles. The second-order valence-electron chi connectivity index (χ2n) is 6.34. The average molecular weight is 385 g/mol. The van der Waals surface area contributed by atoms with E-state index in [0.717, 1.165) is 29.8 Å². The van der Waals surface area contributed by atoms with E-state index in [2.05, 4.69) is 20.4 Å². The minimum atomic E-state index is -0.0562. The summed E-state index contributed by atoms with van der Waals surface area (Å²) in [7, 11) is 0. The van der Waals surface area contributed by atoms with Crippen molar-refractivity contribution in [3.05, 3.63) is 52.8 Å². The van der Waals surface area contributed by atoms with Crippen LogP contribution in [0.25, 0.3) is 5.78 Å². The molecule has 2 heterocycles. The third kappa shape index (κ3) is 4.84. The van der Waals surface area contributed by atoms with Crippen molar-refractivity contribution < 1.29 is 4.79 Å². The van der Waals surface area contributed by atoms with E-state index in [1.54, 1.807) is 4.52 Å². The number of amides is 1. The molecule has 0 saturated heterocycles. The third-order valence-electron chi connectivity index (χ3n) is 4.13. The fraction of sp³-hybridized carbons (Fsp3) is 0.368. The molecule has 7 nitrogen and oxygen atoms in total. The maximum absolute atomic E-state index is 12.5. The molecule has 1 aromatic carbocycles. The van der Waals surface area contributed by atoms with E-state index in [1.165, 1.54) is 11.8 Å². The molecule has 0 atom stereocenters. The van der Waals surface area contributed by atoms with Gasteiger partial charge < -0.3 is 11.1 Å². The number of thioether (sulfide) groups is 1. The molecule has 1 amide bonds. The lowest BCUT2D eigenvalue weighted by Crippen LogP contribution is -2.25. The van der Waals surface area contributed by atoms with Crippen LogP contribution in [-0.2, 0) is 5.75 Å². The van der Waals surface area contributed by atoms with Gasteiger partial charge in [0.1, 0.15) is 0 Å². The molecule has 0 saturated carbocycles. The highest BCUT2D eigenvalue weighted by Crippen LogP contribution is 2.22. The van der Waals surface area contributed by atoms with Gasteiger partial charge in [-0.1, -0.05) is 30.0 Å². The SMILES string of the molecule is Cc1cc(C)n2nc(SCc3ccccc3C(=O)NCCCCN)nc2n1. The average Bonchev–Trinajstić information content (AvgIpc) is 3.07. The van der Waals surface area contributed by atoms with E-state index < -0.39 is 0 Å².